The van der Waals surface area contributed by atoms with Crippen LogP contribution < -0.4 is 0 Å². The molecule has 0 amide bonds. The monoisotopic (exact) mass is 434 g/mol. The zero-order valence-electron chi connectivity index (χ0n) is 14.5. The summed E-state index contributed by atoms with van der Waals surface area (Å²) in [6.45, 7) is 3.34. The van der Waals surface area contributed by atoms with Crippen molar-refractivity contribution in [3.05, 3.63) is 0 Å². The first kappa shape index (κ1) is 19.2. The van der Waals surface area contributed by atoms with E-state index in [1.165, 1.54) is 83.1 Å². The van der Waals surface area contributed by atoms with Crippen LogP contribution in [0, 0.1) is 17.8 Å². The lowest BCUT2D eigenvalue weighted by molar-refractivity contribution is 0.00731. The molecular weight excluding hydrogens is 399 g/mol. The van der Waals surface area contributed by atoms with Gasteiger partial charge in [0.1, 0.15) is 7.02 Å². The predicted molar refractivity (Wildman–Crippen MR) is 106 cm³/mol. The van der Waals surface area contributed by atoms with Crippen LogP contribution in [-0.2, 0) is 4.74 Å². The molecule has 0 spiro atoms. The summed E-state index contributed by atoms with van der Waals surface area (Å²) >= 11 is 2.49. The Morgan fingerprint density at radius 2 is 1.55 bits per heavy atom. The molecule has 0 unspecified atom stereocenters. The Kier molecular flexibility index (Phi) is 10.0. The van der Waals surface area contributed by atoms with E-state index in [1.807, 2.05) is 0 Å². The molecular formula is C19H35IOSi. The number of hydrogen-bond acceptors (Lipinski definition) is 1. The van der Waals surface area contributed by atoms with Crippen molar-refractivity contribution in [1.29, 1.82) is 0 Å². The minimum Gasteiger partial charge on any atom is -0.378 e. The highest BCUT2D eigenvalue weighted by Gasteiger charge is 2.30. The fraction of sp³-hybridized carbons (Fsp3) is 1.00. The molecule has 0 aromatic carbocycles. The van der Waals surface area contributed by atoms with Crippen molar-refractivity contribution in [2.24, 2.45) is 17.8 Å². The first-order valence-corrected chi connectivity index (χ1v) is 14.1. The van der Waals surface area contributed by atoms with Gasteiger partial charge >= 0.3 is 0 Å². The molecule has 0 atom stereocenters. The molecule has 1 nitrogen and oxygen atoms in total. The van der Waals surface area contributed by atoms with Crippen LogP contribution in [0.4, 0.5) is 0 Å². The summed E-state index contributed by atoms with van der Waals surface area (Å²) in [6, 6.07) is 1.34. The van der Waals surface area contributed by atoms with Crippen LogP contribution in [0.3, 0.4) is 0 Å². The van der Waals surface area contributed by atoms with Crippen LogP contribution in [0.5, 0.6) is 0 Å². The van der Waals surface area contributed by atoms with Gasteiger partial charge in [0.25, 0.3) is 0 Å². The normalized spacial score (nSPS) is 33.0. The number of unbranched alkanes of at least 4 members (excludes halogenated alkanes) is 1. The van der Waals surface area contributed by atoms with Gasteiger partial charge in [0.15, 0.2) is 0 Å². The summed E-state index contributed by atoms with van der Waals surface area (Å²) < 4.78 is 6.08. The van der Waals surface area contributed by atoms with Crippen LogP contribution in [0.1, 0.15) is 84.0 Å². The molecule has 0 heterocycles. The molecule has 2 saturated carbocycles. The maximum Gasteiger partial charge on any atom is 0.131 e. The molecule has 0 aromatic rings. The molecule has 128 valence electrons. The minimum absolute atomic E-state index is 0.592. The molecule has 2 fully saturated rings. The van der Waals surface area contributed by atoms with Crippen LogP contribution in [-0.4, -0.2) is 19.7 Å². The van der Waals surface area contributed by atoms with Gasteiger partial charge in [0.2, 0.25) is 0 Å². The Morgan fingerprint density at radius 1 is 0.909 bits per heavy atom. The van der Waals surface area contributed by atoms with Crippen LogP contribution in [0.25, 0.3) is 0 Å². The lowest BCUT2D eigenvalue weighted by Gasteiger charge is -2.37. The average Bonchev–Trinajstić information content (AvgIpc) is 2.58. The van der Waals surface area contributed by atoms with Gasteiger partial charge < -0.3 is 4.74 Å². The molecule has 22 heavy (non-hydrogen) atoms. The third kappa shape index (κ3) is 6.80. The Balaban J connectivity index is 1.57. The van der Waals surface area contributed by atoms with Crippen molar-refractivity contribution in [1.82, 2.24) is 0 Å². The first-order valence-electron chi connectivity index (χ1n) is 9.78. The number of halogens is 1. The average molecular weight is 434 g/mol. The highest BCUT2D eigenvalue weighted by atomic mass is 127. The summed E-state index contributed by atoms with van der Waals surface area (Å²) in [5, 5.41) is 0. The molecule has 0 aliphatic heterocycles. The highest BCUT2D eigenvalue weighted by Crippen LogP contribution is 2.41. The standard InChI is InChI=1S/C19H35IOSi/c1-2-3-5-16-6-8-17(9-7-16)18-10-12-19(13-11-18)21-14-4-15-22-20/h16-19H,2-15H2,1H3. The van der Waals surface area contributed by atoms with E-state index in [1.54, 1.807) is 0 Å². The van der Waals surface area contributed by atoms with E-state index < -0.39 is 0 Å². The smallest absolute Gasteiger partial charge is 0.131 e. The summed E-state index contributed by atoms with van der Waals surface area (Å²) in [5.74, 6) is 3.15. The van der Waals surface area contributed by atoms with E-state index >= 15 is 0 Å². The second-order valence-electron chi connectivity index (χ2n) is 7.57. The van der Waals surface area contributed by atoms with E-state index in [0.29, 0.717) is 6.10 Å². The molecule has 0 aromatic heterocycles. The summed E-state index contributed by atoms with van der Waals surface area (Å²) in [5.41, 5.74) is 0. The van der Waals surface area contributed by atoms with Crippen LogP contribution in [0.15, 0.2) is 0 Å². The maximum atomic E-state index is 6.08. The van der Waals surface area contributed by atoms with Gasteiger partial charge in [-0.25, -0.2) is 0 Å². The molecule has 2 rings (SSSR count). The molecule has 3 heteroatoms. The summed E-state index contributed by atoms with van der Waals surface area (Å²) in [7, 11) is 1.06. The minimum atomic E-state index is 0.592. The summed E-state index contributed by atoms with van der Waals surface area (Å²) in [6.07, 6.45) is 17.9. The van der Waals surface area contributed by atoms with E-state index in [9.17, 15) is 0 Å². The molecule has 2 radical (unpaired) electrons. The van der Waals surface area contributed by atoms with Gasteiger partial charge in [-0.1, -0.05) is 39.0 Å². The van der Waals surface area contributed by atoms with Gasteiger partial charge in [-0.2, -0.15) is 0 Å². The zero-order chi connectivity index (χ0) is 15.6. The van der Waals surface area contributed by atoms with E-state index in [4.69, 9.17) is 4.74 Å². The number of ether oxygens (including phenoxy) is 1. The largest absolute Gasteiger partial charge is 0.378 e. The molecule has 2 aliphatic carbocycles. The van der Waals surface area contributed by atoms with Crippen LogP contribution >= 0.6 is 21.8 Å². The van der Waals surface area contributed by atoms with Gasteiger partial charge in [-0.3, -0.25) is 0 Å². The highest BCUT2D eigenvalue weighted by molar-refractivity contribution is 14.1. The maximum absolute atomic E-state index is 6.08. The fourth-order valence-electron chi connectivity index (χ4n) is 4.56. The quantitative estimate of drug-likeness (QED) is 0.176. The zero-order valence-corrected chi connectivity index (χ0v) is 17.7. The second-order valence-corrected chi connectivity index (χ2v) is 10.6. The summed E-state index contributed by atoms with van der Waals surface area (Å²) in [4.78, 5) is 0. The fourth-order valence-corrected chi connectivity index (χ4v) is 5.98. The van der Waals surface area contributed by atoms with Crippen molar-refractivity contribution in [2.75, 3.05) is 6.61 Å². The van der Waals surface area contributed by atoms with Crippen molar-refractivity contribution < 1.29 is 4.74 Å². The third-order valence-corrected chi connectivity index (χ3v) is 8.17. The lowest BCUT2D eigenvalue weighted by Crippen LogP contribution is -2.28. The van der Waals surface area contributed by atoms with E-state index in [2.05, 4.69) is 28.7 Å². The van der Waals surface area contributed by atoms with Gasteiger partial charge in [0, 0.05) is 6.61 Å². The third-order valence-electron chi connectivity index (χ3n) is 6.01. The van der Waals surface area contributed by atoms with Gasteiger partial charge in [-0.15, -0.1) is 21.8 Å². The van der Waals surface area contributed by atoms with Crippen molar-refractivity contribution in [3.63, 3.8) is 0 Å². The number of hydrogen-bond donors (Lipinski definition) is 0. The molecule has 2 aliphatic rings. The second kappa shape index (κ2) is 11.5. The lowest BCUT2D eigenvalue weighted by atomic mass is 9.70. The van der Waals surface area contributed by atoms with E-state index in [-0.39, 0.29) is 0 Å². The van der Waals surface area contributed by atoms with Crippen molar-refractivity contribution >= 4 is 28.8 Å². The van der Waals surface area contributed by atoms with Crippen molar-refractivity contribution in [2.45, 2.75) is 96.1 Å². The Hall–Kier alpha value is 0.907. The SMILES string of the molecule is CCCCC1CCC(C2CCC(OCCC[Si]I)CC2)CC1. The molecule has 0 saturated heterocycles. The molecule has 0 bridgehead atoms. The van der Waals surface area contributed by atoms with E-state index in [0.717, 1.165) is 31.4 Å². The first-order chi connectivity index (χ1) is 10.8. The Morgan fingerprint density at radius 3 is 2.14 bits per heavy atom. The number of rotatable bonds is 9. The molecule has 0 N–H and O–H groups in total. The van der Waals surface area contributed by atoms with Crippen LogP contribution in [0.2, 0.25) is 6.04 Å². The van der Waals surface area contributed by atoms with Crippen molar-refractivity contribution in [3.8, 4) is 0 Å². The Labute approximate surface area is 153 Å². The van der Waals surface area contributed by atoms with Gasteiger partial charge in [0.05, 0.1) is 6.10 Å². The Bertz CT molecular complexity index is 271. The predicted octanol–water partition coefficient (Wildman–Crippen LogP) is 6.42. The topological polar surface area (TPSA) is 9.23 Å². The van der Waals surface area contributed by atoms with Gasteiger partial charge in [-0.05, 0) is 68.7 Å².